The van der Waals surface area contributed by atoms with Crippen molar-refractivity contribution in [2.24, 2.45) is 5.92 Å². The number of rotatable bonds is 6. The maximum Gasteiger partial charge on any atom is 0.0724 e. The van der Waals surface area contributed by atoms with Crippen molar-refractivity contribution < 1.29 is 4.74 Å². The minimum atomic E-state index is 0.449. The first kappa shape index (κ1) is 12.3. The maximum absolute atomic E-state index is 5.53. The lowest BCUT2D eigenvalue weighted by Gasteiger charge is -2.36. The Kier molecular flexibility index (Phi) is 4.62. The zero-order valence-electron chi connectivity index (χ0n) is 10.7. The highest BCUT2D eigenvalue weighted by Gasteiger charge is 2.25. The highest BCUT2D eigenvalue weighted by molar-refractivity contribution is 4.81. The molecule has 2 fully saturated rings. The maximum atomic E-state index is 5.53. The Morgan fingerprint density at radius 1 is 1.31 bits per heavy atom. The summed E-state index contributed by atoms with van der Waals surface area (Å²) < 4.78 is 5.53. The smallest absolute Gasteiger partial charge is 0.0724 e. The highest BCUT2D eigenvalue weighted by Crippen LogP contribution is 2.20. The first-order valence-corrected chi connectivity index (χ1v) is 6.78. The highest BCUT2D eigenvalue weighted by atomic mass is 16.5. The van der Waals surface area contributed by atoms with Crippen molar-refractivity contribution in [3.05, 3.63) is 0 Å². The summed E-state index contributed by atoms with van der Waals surface area (Å²) in [7, 11) is 1.85. The van der Waals surface area contributed by atoms with Gasteiger partial charge in [0.15, 0.2) is 0 Å². The van der Waals surface area contributed by atoms with E-state index >= 15 is 0 Å². The van der Waals surface area contributed by atoms with Crippen LogP contribution in [0.1, 0.15) is 32.6 Å². The summed E-state index contributed by atoms with van der Waals surface area (Å²) in [6, 6.07) is 0.855. The van der Waals surface area contributed by atoms with Crippen LogP contribution in [0, 0.1) is 5.92 Å². The van der Waals surface area contributed by atoms with E-state index in [9.17, 15) is 0 Å². The lowest BCUT2D eigenvalue weighted by Crippen LogP contribution is -2.44. The fraction of sp³-hybridized carbons (Fsp3) is 1.00. The fourth-order valence-electron chi connectivity index (χ4n) is 2.50. The summed E-state index contributed by atoms with van der Waals surface area (Å²) in [6.45, 7) is 7.10. The van der Waals surface area contributed by atoms with Gasteiger partial charge in [-0.15, -0.1) is 0 Å². The zero-order valence-corrected chi connectivity index (χ0v) is 10.7. The van der Waals surface area contributed by atoms with E-state index in [1.807, 2.05) is 7.11 Å². The lowest BCUT2D eigenvalue weighted by molar-refractivity contribution is -0.00506. The molecule has 2 aliphatic rings. The summed E-state index contributed by atoms with van der Waals surface area (Å²) in [5.74, 6) is 0.728. The Morgan fingerprint density at radius 3 is 2.81 bits per heavy atom. The minimum Gasteiger partial charge on any atom is -0.380 e. The van der Waals surface area contributed by atoms with E-state index in [2.05, 4.69) is 17.1 Å². The van der Waals surface area contributed by atoms with Gasteiger partial charge in [-0.2, -0.15) is 0 Å². The molecule has 0 bridgehead atoms. The SMILES string of the molecule is COC1CN(CCCNC2CC2)CCC1C. The number of piperidine rings is 1. The number of hydrogen-bond acceptors (Lipinski definition) is 3. The average Bonchev–Trinajstić information content (AvgIpc) is 3.10. The molecule has 0 aromatic heterocycles. The molecule has 1 aliphatic heterocycles. The first-order valence-electron chi connectivity index (χ1n) is 6.78. The predicted octanol–water partition coefficient (Wildman–Crippen LogP) is 1.49. The van der Waals surface area contributed by atoms with Crippen molar-refractivity contribution in [3.8, 4) is 0 Å². The molecule has 0 spiro atoms. The van der Waals surface area contributed by atoms with Gasteiger partial charge in [0.2, 0.25) is 0 Å². The molecule has 1 aliphatic carbocycles. The van der Waals surface area contributed by atoms with Gasteiger partial charge >= 0.3 is 0 Å². The molecule has 0 amide bonds. The number of methoxy groups -OCH3 is 1. The van der Waals surface area contributed by atoms with E-state index in [0.717, 1.165) is 18.5 Å². The summed E-state index contributed by atoms with van der Waals surface area (Å²) in [5.41, 5.74) is 0. The van der Waals surface area contributed by atoms with E-state index in [0.29, 0.717) is 6.10 Å². The number of nitrogens with zero attached hydrogens (tertiary/aromatic N) is 1. The third kappa shape index (κ3) is 3.72. The molecule has 1 saturated heterocycles. The zero-order chi connectivity index (χ0) is 11.4. The van der Waals surface area contributed by atoms with Crippen LogP contribution in [0.4, 0.5) is 0 Å². The second-order valence-corrected chi connectivity index (χ2v) is 5.42. The normalized spacial score (nSPS) is 31.9. The molecule has 3 nitrogen and oxygen atoms in total. The molecule has 3 heteroatoms. The molecule has 16 heavy (non-hydrogen) atoms. The van der Waals surface area contributed by atoms with Crippen molar-refractivity contribution in [1.82, 2.24) is 10.2 Å². The van der Waals surface area contributed by atoms with Crippen LogP contribution in [0.25, 0.3) is 0 Å². The van der Waals surface area contributed by atoms with E-state index in [1.54, 1.807) is 0 Å². The van der Waals surface area contributed by atoms with Gasteiger partial charge in [0.05, 0.1) is 6.10 Å². The second-order valence-electron chi connectivity index (χ2n) is 5.42. The van der Waals surface area contributed by atoms with E-state index in [1.165, 1.54) is 45.3 Å². The van der Waals surface area contributed by atoms with Crippen LogP contribution in [-0.4, -0.2) is 50.3 Å². The third-order valence-electron chi connectivity index (χ3n) is 3.94. The van der Waals surface area contributed by atoms with E-state index in [4.69, 9.17) is 4.74 Å². The summed E-state index contributed by atoms with van der Waals surface area (Å²) in [6.07, 6.45) is 5.81. The van der Waals surface area contributed by atoms with Gasteiger partial charge in [0.1, 0.15) is 0 Å². The molecule has 2 unspecified atom stereocenters. The lowest BCUT2D eigenvalue weighted by atomic mass is 9.96. The van der Waals surface area contributed by atoms with Gasteiger partial charge in [-0.05, 0) is 51.2 Å². The van der Waals surface area contributed by atoms with Gasteiger partial charge in [0, 0.05) is 19.7 Å². The number of nitrogens with one attached hydrogen (secondary N) is 1. The minimum absolute atomic E-state index is 0.449. The summed E-state index contributed by atoms with van der Waals surface area (Å²) in [5, 5.41) is 3.57. The molecule has 1 saturated carbocycles. The van der Waals surface area contributed by atoms with Crippen LogP contribution in [0.15, 0.2) is 0 Å². The Balaban J connectivity index is 1.57. The van der Waals surface area contributed by atoms with Gasteiger partial charge in [-0.3, -0.25) is 0 Å². The average molecular weight is 226 g/mol. The third-order valence-corrected chi connectivity index (χ3v) is 3.94. The monoisotopic (exact) mass is 226 g/mol. The van der Waals surface area contributed by atoms with Crippen molar-refractivity contribution in [1.29, 1.82) is 0 Å². The standard InChI is InChI=1S/C13H26N2O/c1-11-6-9-15(10-13(11)16-2)8-3-7-14-12-4-5-12/h11-14H,3-10H2,1-2H3. The predicted molar refractivity (Wildman–Crippen MR) is 66.7 cm³/mol. The first-order chi connectivity index (χ1) is 7.79. The van der Waals surface area contributed by atoms with Crippen LogP contribution in [0.2, 0.25) is 0 Å². The van der Waals surface area contributed by atoms with Crippen molar-refractivity contribution in [3.63, 3.8) is 0 Å². The number of likely N-dealkylation sites (tertiary alicyclic amines) is 1. The fourth-order valence-corrected chi connectivity index (χ4v) is 2.50. The molecule has 1 heterocycles. The summed E-state index contributed by atoms with van der Waals surface area (Å²) >= 11 is 0. The Labute approximate surface area is 99.5 Å². The van der Waals surface area contributed by atoms with Crippen LogP contribution >= 0.6 is 0 Å². The van der Waals surface area contributed by atoms with Gasteiger partial charge in [-0.1, -0.05) is 6.92 Å². The molecule has 94 valence electrons. The molecule has 1 N–H and O–H groups in total. The topological polar surface area (TPSA) is 24.5 Å². The van der Waals surface area contributed by atoms with E-state index < -0.39 is 0 Å². The van der Waals surface area contributed by atoms with Crippen LogP contribution in [0.5, 0.6) is 0 Å². The largest absolute Gasteiger partial charge is 0.380 e. The van der Waals surface area contributed by atoms with Crippen LogP contribution in [-0.2, 0) is 4.74 Å². The Hall–Kier alpha value is -0.120. The van der Waals surface area contributed by atoms with E-state index in [-0.39, 0.29) is 0 Å². The Morgan fingerprint density at radius 2 is 2.12 bits per heavy atom. The quantitative estimate of drug-likeness (QED) is 0.694. The second kappa shape index (κ2) is 5.99. The molecular formula is C13H26N2O. The van der Waals surface area contributed by atoms with Crippen LogP contribution in [0.3, 0.4) is 0 Å². The van der Waals surface area contributed by atoms with Crippen molar-refractivity contribution in [2.45, 2.75) is 44.8 Å². The Bertz CT molecular complexity index is 206. The number of hydrogen-bond donors (Lipinski definition) is 1. The molecule has 0 aromatic rings. The molecule has 0 aromatic carbocycles. The molecule has 2 rings (SSSR count). The molecule has 0 radical (unpaired) electrons. The summed E-state index contributed by atoms with van der Waals surface area (Å²) in [4.78, 5) is 2.56. The van der Waals surface area contributed by atoms with Crippen LogP contribution < -0.4 is 5.32 Å². The molecule has 2 atom stereocenters. The van der Waals surface area contributed by atoms with Crippen molar-refractivity contribution >= 4 is 0 Å². The number of ether oxygens (including phenoxy) is 1. The molecular weight excluding hydrogens is 200 g/mol. The van der Waals surface area contributed by atoms with Crippen molar-refractivity contribution in [2.75, 3.05) is 33.3 Å². The van der Waals surface area contributed by atoms with Gasteiger partial charge < -0.3 is 15.0 Å². The van der Waals surface area contributed by atoms with Gasteiger partial charge in [-0.25, -0.2) is 0 Å². The van der Waals surface area contributed by atoms with Gasteiger partial charge in [0.25, 0.3) is 0 Å².